The number of amides is 2. The van der Waals surface area contributed by atoms with Gasteiger partial charge in [-0.1, -0.05) is 43.8 Å². The van der Waals surface area contributed by atoms with Crippen LogP contribution in [0.25, 0.3) is 0 Å². The van der Waals surface area contributed by atoms with Crippen LogP contribution >= 0.6 is 11.8 Å². The van der Waals surface area contributed by atoms with Gasteiger partial charge in [0.15, 0.2) is 11.0 Å². The molecule has 1 heterocycles. The van der Waals surface area contributed by atoms with Gasteiger partial charge in [0.1, 0.15) is 0 Å². The van der Waals surface area contributed by atoms with Gasteiger partial charge < -0.3 is 15.2 Å². The Morgan fingerprint density at radius 1 is 1.14 bits per heavy atom. The summed E-state index contributed by atoms with van der Waals surface area (Å²) in [7, 11) is 0. The highest BCUT2D eigenvalue weighted by atomic mass is 32.2. The molecule has 190 valence electrons. The van der Waals surface area contributed by atoms with Crippen LogP contribution in [0.5, 0.6) is 0 Å². The van der Waals surface area contributed by atoms with Crippen molar-refractivity contribution >= 4 is 35.0 Å². The maximum atomic E-state index is 12.9. The number of hydrogen-bond acceptors (Lipinski definition) is 7. The van der Waals surface area contributed by atoms with Crippen LogP contribution in [0.15, 0.2) is 47.6 Å². The number of nitrogens with one attached hydrogen (secondary N) is 2. The quantitative estimate of drug-likeness (QED) is 0.230. The van der Waals surface area contributed by atoms with E-state index in [-0.39, 0.29) is 28.8 Å². The molecule has 10 nitrogen and oxygen atoms in total. The Hall–Kier alpha value is -3.73. The Bertz CT molecular complexity index is 1270. The first-order valence-corrected chi connectivity index (χ1v) is 12.6. The summed E-state index contributed by atoms with van der Waals surface area (Å²) in [4.78, 5) is 36.0. The highest BCUT2D eigenvalue weighted by Gasteiger charge is 2.26. The number of carbonyl (C=O) groups is 2. The summed E-state index contributed by atoms with van der Waals surface area (Å²) in [6.45, 7) is 10.3. The molecule has 11 heteroatoms. The van der Waals surface area contributed by atoms with Crippen molar-refractivity contribution < 1.29 is 14.5 Å². The van der Waals surface area contributed by atoms with Gasteiger partial charge in [-0.2, -0.15) is 0 Å². The summed E-state index contributed by atoms with van der Waals surface area (Å²) in [5.41, 5.74) is 2.86. The molecule has 0 radical (unpaired) electrons. The minimum absolute atomic E-state index is 0.0346. The molecule has 3 rings (SSSR count). The largest absolute Gasteiger partial charge is 0.342 e. The van der Waals surface area contributed by atoms with E-state index in [1.165, 1.54) is 36.0 Å². The number of thioether (sulfide) groups is 1. The Labute approximate surface area is 214 Å². The number of nitro groups is 1. The average molecular weight is 511 g/mol. The number of hydrogen-bond donors (Lipinski definition) is 2. The van der Waals surface area contributed by atoms with E-state index in [4.69, 9.17) is 0 Å². The number of aryl methyl sites for hydroxylation is 2. The van der Waals surface area contributed by atoms with Gasteiger partial charge >= 0.3 is 0 Å². The summed E-state index contributed by atoms with van der Waals surface area (Å²) in [5.74, 6) is 0.0829. The standard InChI is InChI=1S/C25H30N6O4S/c1-6-30-23(22(15(2)3)27-24(33)18-8-7-9-19(13-18)31(34)35)28-29-25(30)36-14-21(32)26-20-12-16(4)10-11-17(20)5/h7-13,15,22H,6,14H2,1-5H3,(H,26,32)(H,27,33)/t22-/m1/s1. The second-order valence-corrected chi connectivity index (χ2v) is 9.69. The molecule has 2 amide bonds. The summed E-state index contributed by atoms with van der Waals surface area (Å²) in [5, 5.41) is 26.1. The number of aromatic nitrogens is 3. The van der Waals surface area contributed by atoms with Gasteiger partial charge in [0.25, 0.3) is 11.6 Å². The van der Waals surface area contributed by atoms with Gasteiger partial charge in [0, 0.05) is 29.9 Å². The lowest BCUT2D eigenvalue weighted by Crippen LogP contribution is -2.33. The molecule has 0 saturated heterocycles. The summed E-state index contributed by atoms with van der Waals surface area (Å²) in [6, 6.07) is 11.0. The first-order valence-electron chi connectivity index (χ1n) is 11.6. The third kappa shape index (κ3) is 6.48. The van der Waals surface area contributed by atoms with Gasteiger partial charge in [0.2, 0.25) is 5.91 Å². The lowest BCUT2D eigenvalue weighted by Gasteiger charge is -2.22. The first-order chi connectivity index (χ1) is 17.1. The van der Waals surface area contributed by atoms with E-state index in [9.17, 15) is 19.7 Å². The van der Waals surface area contributed by atoms with E-state index in [1.54, 1.807) is 0 Å². The van der Waals surface area contributed by atoms with Crippen molar-refractivity contribution in [2.45, 2.75) is 52.4 Å². The van der Waals surface area contributed by atoms with Crippen LogP contribution in [0, 0.1) is 29.9 Å². The SMILES string of the molecule is CCn1c(SCC(=O)Nc2cc(C)ccc2C)nnc1[C@H](NC(=O)c1cccc([N+](=O)[O-])c1)C(C)C. The number of non-ortho nitro benzene ring substituents is 1. The van der Waals surface area contributed by atoms with E-state index in [2.05, 4.69) is 20.8 Å². The van der Waals surface area contributed by atoms with Crippen LogP contribution in [0.4, 0.5) is 11.4 Å². The van der Waals surface area contributed by atoms with Crippen molar-refractivity contribution in [3.63, 3.8) is 0 Å². The van der Waals surface area contributed by atoms with Gasteiger partial charge in [0.05, 0.1) is 16.7 Å². The van der Waals surface area contributed by atoms with Gasteiger partial charge in [-0.25, -0.2) is 0 Å². The van der Waals surface area contributed by atoms with Crippen molar-refractivity contribution in [2.75, 3.05) is 11.1 Å². The summed E-state index contributed by atoms with van der Waals surface area (Å²) >= 11 is 1.27. The molecule has 0 aliphatic carbocycles. The van der Waals surface area contributed by atoms with E-state index in [0.717, 1.165) is 16.8 Å². The lowest BCUT2D eigenvalue weighted by molar-refractivity contribution is -0.384. The number of nitro benzene ring substituents is 1. The smallest absolute Gasteiger partial charge is 0.270 e. The van der Waals surface area contributed by atoms with E-state index >= 15 is 0 Å². The maximum Gasteiger partial charge on any atom is 0.270 e. The zero-order valence-corrected chi connectivity index (χ0v) is 21.8. The second-order valence-electron chi connectivity index (χ2n) is 8.74. The lowest BCUT2D eigenvalue weighted by atomic mass is 10.0. The maximum absolute atomic E-state index is 12.9. The highest BCUT2D eigenvalue weighted by Crippen LogP contribution is 2.26. The molecule has 3 aromatic rings. The van der Waals surface area contributed by atoms with Crippen molar-refractivity contribution in [3.05, 3.63) is 75.1 Å². The zero-order chi connectivity index (χ0) is 26.4. The molecule has 36 heavy (non-hydrogen) atoms. The molecule has 0 saturated carbocycles. The predicted octanol–water partition coefficient (Wildman–Crippen LogP) is 4.68. The average Bonchev–Trinajstić information content (AvgIpc) is 3.25. The molecule has 1 atom stereocenters. The first kappa shape index (κ1) is 26.9. The molecule has 0 spiro atoms. The van der Waals surface area contributed by atoms with Crippen molar-refractivity contribution in [1.82, 2.24) is 20.1 Å². The second kappa shape index (κ2) is 11.8. The van der Waals surface area contributed by atoms with Crippen molar-refractivity contribution in [1.29, 1.82) is 0 Å². The van der Waals surface area contributed by atoms with Crippen LogP contribution in [0.1, 0.15) is 54.1 Å². The third-order valence-corrected chi connectivity index (χ3v) is 6.58. The summed E-state index contributed by atoms with van der Waals surface area (Å²) < 4.78 is 1.87. The molecular weight excluding hydrogens is 480 g/mol. The van der Waals surface area contributed by atoms with Crippen LogP contribution in [0.2, 0.25) is 0 Å². The Balaban J connectivity index is 1.74. The van der Waals surface area contributed by atoms with Crippen LogP contribution < -0.4 is 10.6 Å². The number of carbonyl (C=O) groups excluding carboxylic acids is 2. The van der Waals surface area contributed by atoms with Gasteiger partial charge in [-0.3, -0.25) is 19.7 Å². The Morgan fingerprint density at radius 3 is 2.56 bits per heavy atom. The van der Waals surface area contributed by atoms with E-state index in [0.29, 0.717) is 17.5 Å². The molecule has 0 bridgehead atoms. The minimum Gasteiger partial charge on any atom is -0.342 e. The fraction of sp³-hybridized carbons (Fsp3) is 0.360. The molecule has 0 aliphatic rings. The number of nitrogens with zero attached hydrogens (tertiary/aromatic N) is 4. The van der Waals surface area contributed by atoms with Crippen LogP contribution in [0.3, 0.4) is 0 Å². The van der Waals surface area contributed by atoms with Crippen molar-refractivity contribution in [2.24, 2.45) is 5.92 Å². The number of anilines is 1. The van der Waals surface area contributed by atoms with E-state index < -0.39 is 16.9 Å². The van der Waals surface area contributed by atoms with Gasteiger partial charge in [-0.05, 0) is 49.9 Å². The summed E-state index contributed by atoms with van der Waals surface area (Å²) in [6.07, 6.45) is 0. The molecule has 2 N–H and O–H groups in total. The number of rotatable bonds is 10. The van der Waals surface area contributed by atoms with E-state index in [1.807, 2.05) is 57.4 Å². The molecule has 0 aliphatic heterocycles. The molecule has 2 aromatic carbocycles. The monoisotopic (exact) mass is 510 g/mol. The normalized spacial score (nSPS) is 11.8. The Morgan fingerprint density at radius 2 is 1.89 bits per heavy atom. The third-order valence-electron chi connectivity index (χ3n) is 5.61. The molecular formula is C25H30N6O4S. The molecule has 1 aromatic heterocycles. The highest BCUT2D eigenvalue weighted by molar-refractivity contribution is 7.99. The van der Waals surface area contributed by atoms with Crippen LogP contribution in [-0.4, -0.2) is 37.3 Å². The fourth-order valence-electron chi connectivity index (χ4n) is 3.64. The van der Waals surface area contributed by atoms with Crippen molar-refractivity contribution in [3.8, 4) is 0 Å². The number of benzene rings is 2. The van der Waals surface area contributed by atoms with Gasteiger partial charge in [-0.15, -0.1) is 10.2 Å². The Kier molecular flexibility index (Phi) is 8.81. The molecule has 0 unspecified atom stereocenters. The topological polar surface area (TPSA) is 132 Å². The fourth-order valence-corrected chi connectivity index (χ4v) is 4.45. The minimum atomic E-state index is -0.537. The molecule has 0 fully saturated rings. The zero-order valence-electron chi connectivity index (χ0n) is 20.9. The predicted molar refractivity (Wildman–Crippen MR) is 139 cm³/mol. The van der Waals surface area contributed by atoms with Crippen LogP contribution in [-0.2, 0) is 11.3 Å².